The van der Waals surface area contributed by atoms with Crippen LogP contribution in [0.25, 0.3) is 33.6 Å². The minimum Gasteiger partial charge on any atom is -0.361 e. The molecule has 170 valence electrons. The molecule has 5 rings (SSSR count). The molecular formula is C27H24N4O3. The molecule has 7 heteroatoms. The van der Waals surface area contributed by atoms with E-state index in [1.165, 1.54) is 0 Å². The molecule has 0 saturated carbocycles. The smallest absolute Gasteiger partial charge is 0.258 e. The minimum absolute atomic E-state index is 0.138. The van der Waals surface area contributed by atoms with E-state index < -0.39 is 0 Å². The van der Waals surface area contributed by atoms with Crippen molar-refractivity contribution in [2.24, 2.45) is 0 Å². The Bertz CT molecular complexity index is 1450. The number of anilines is 1. The van der Waals surface area contributed by atoms with E-state index in [1.54, 1.807) is 12.1 Å². The Kier molecular flexibility index (Phi) is 5.45. The van der Waals surface area contributed by atoms with E-state index in [9.17, 15) is 4.79 Å². The number of amides is 1. The van der Waals surface area contributed by atoms with Crippen LogP contribution in [-0.4, -0.2) is 21.2 Å². The van der Waals surface area contributed by atoms with Crippen molar-refractivity contribution in [3.63, 3.8) is 0 Å². The highest BCUT2D eigenvalue weighted by Gasteiger charge is 2.20. The first-order valence-corrected chi connectivity index (χ1v) is 11.0. The van der Waals surface area contributed by atoms with Crippen molar-refractivity contribution in [2.75, 3.05) is 5.32 Å². The lowest BCUT2D eigenvalue weighted by molar-refractivity contribution is -0.115. The molecule has 0 aliphatic heterocycles. The van der Waals surface area contributed by atoms with Crippen LogP contribution in [0, 0.1) is 0 Å². The Balaban J connectivity index is 1.28. The Morgan fingerprint density at radius 1 is 0.912 bits per heavy atom. The molecule has 0 bridgehead atoms. The zero-order valence-electron chi connectivity index (χ0n) is 19.2. The van der Waals surface area contributed by atoms with Gasteiger partial charge in [-0.1, -0.05) is 73.5 Å². The fourth-order valence-corrected chi connectivity index (χ4v) is 3.68. The quantitative estimate of drug-likeness (QED) is 0.350. The number of nitrogens with one attached hydrogen (secondary N) is 1. The zero-order valence-corrected chi connectivity index (χ0v) is 19.2. The van der Waals surface area contributed by atoms with E-state index in [0.717, 1.165) is 27.7 Å². The van der Waals surface area contributed by atoms with E-state index >= 15 is 0 Å². The summed E-state index contributed by atoms with van der Waals surface area (Å²) in [7, 11) is 0. The van der Waals surface area contributed by atoms with Gasteiger partial charge in [0, 0.05) is 28.3 Å². The molecule has 2 heterocycles. The van der Waals surface area contributed by atoms with Gasteiger partial charge in [0.1, 0.15) is 5.76 Å². The Labute approximate surface area is 196 Å². The van der Waals surface area contributed by atoms with Crippen LogP contribution in [0.15, 0.2) is 81.8 Å². The zero-order chi connectivity index (χ0) is 23.7. The van der Waals surface area contributed by atoms with Crippen LogP contribution in [0.4, 0.5) is 5.69 Å². The number of aromatic nitrogens is 3. The summed E-state index contributed by atoms with van der Waals surface area (Å²) in [4.78, 5) is 17.0. The van der Waals surface area contributed by atoms with Crippen LogP contribution in [0.1, 0.15) is 32.2 Å². The molecule has 0 saturated heterocycles. The van der Waals surface area contributed by atoms with Crippen LogP contribution in [0.5, 0.6) is 0 Å². The van der Waals surface area contributed by atoms with Gasteiger partial charge in [0.05, 0.1) is 12.1 Å². The summed E-state index contributed by atoms with van der Waals surface area (Å²) in [6, 6.07) is 23.2. The van der Waals surface area contributed by atoms with Crippen molar-refractivity contribution in [1.29, 1.82) is 0 Å². The van der Waals surface area contributed by atoms with Gasteiger partial charge in [-0.15, -0.1) is 0 Å². The number of hydrogen-bond donors (Lipinski definition) is 1. The normalized spacial score (nSPS) is 11.6. The fraction of sp³-hybridized carbons (Fsp3) is 0.185. The highest BCUT2D eigenvalue weighted by molar-refractivity contribution is 5.95. The summed E-state index contributed by atoms with van der Waals surface area (Å²) >= 11 is 0. The summed E-state index contributed by atoms with van der Waals surface area (Å²) in [6.07, 6.45) is 0.138. The van der Waals surface area contributed by atoms with Gasteiger partial charge in [-0.05, 0) is 35.0 Å². The van der Waals surface area contributed by atoms with E-state index in [0.29, 0.717) is 23.1 Å². The first-order chi connectivity index (χ1) is 16.4. The topological polar surface area (TPSA) is 94.1 Å². The molecule has 0 aliphatic rings. The molecule has 34 heavy (non-hydrogen) atoms. The van der Waals surface area contributed by atoms with Crippen molar-refractivity contribution in [1.82, 2.24) is 15.3 Å². The summed E-state index contributed by atoms with van der Waals surface area (Å²) in [5.74, 6) is 1.53. The van der Waals surface area contributed by atoms with Gasteiger partial charge in [0.2, 0.25) is 11.7 Å². The third-order valence-corrected chi connectivity index (χ3v) is 5.51. The monoisotopic (exact) mass is 452 g/mol. The van der Waals surface area contributed by atoms with Crippen LogP contribution < -0.4 is 5.32 Å². The van der Waals surface area contributed by atoms with Crippen molar-refractivity contribution in [3.05, 3.63) is 84.3 Å². The van der Waals surface area contributed by atoms with Crippen LogP contribution in [-0.2, 0) is 16.6 Å². The van der Waals surface area contributed by atoms with Gasteiger partial charge in [0.15, 0.2) is 0 Å². The van der Waals surface area contributed by atoms with E-state index in [-0.39, 0.29) is 17.7 Å². The first kappa shape index (κ1) is 21.6. The van der Waals surface area contributed by atoms with Crippen LogP contribution in [0.3, 0.4) is 0 Å². The van der Waals surface area contributed by atoms with Gasteiger partial charge in [0.25, 0.3) is 5.89 Å². The maximum Gasteiger partial charge on any atom is 0.258 e. The van der Waals surface area contributed by atoms with Gasteiger partial charge in [-0.25, -0.2) is 0 Å². The molecule has 5 aromatic rings. The maximum atomic E-state index is 12.4. The standard InChI is InChI=1S/C27H24N4O3/c1-27(2,3)23-15-20(30-33-23)16-24(32)28-19-13-11-18(12-14-19)26-29-25(31-34-26)22-10-6-8-17-7-4-5-9-21(17)22/h4-15H,16H2,1-3H3,(H,28,32). The predicted molar refractivity (Wildman–Crippen MR) is 130 cm³/mol. The molecule has 0 fully saturated rings. The van der Waals surface area contributed by atoms with Crippen molar-refractivity contribution >= 4 is 22.4 Å². The summed E-state index contributed by atoms with van der Waals surface area (Å²) in [5.41, 5.74) is 2.80. The Hall–Kier alpha value is -4.26. The second kappa shape index (κ2) is 8.59. The highest BCUT2D eigenvalue weighted by Crippen LogP contribution is 2.29. The van der Waals surface area contributed by atoms with Gasteiger partial charge < -0.3 is 14.4 Å². The molecule has 0 aliphatic carbocycles. The third kappa shape index (κ3) is 4.45. The van der Waals surface area contributed by atoms with Gasteiger partial charge in [-0.3, -0.25) is 4.79 Å². The third-order valence-electron chi connectivity index (χ3n) is 5.51. The summed E-state index contributed by atoms with van der Waals surface area (Å²) in [6.45, 7) is 6.11. The van der Waals surface area contributed by atoms with Crippen molar-refractivity contribution in [3.8, 4) is 22.8 Å². The lowest BCUT2D eigenvalue weighted by atomic mass is 9.93. The number of benzene rings is 3. The first-order valence-electron chi connectivity index (χ1n) is 11.0. The number of carbonyl (C=O) groups is 1. The maximum absolute atomic E-state index is 12.4. The lowest BCUT2D eigenvalue weighted by Gasteiger charge is -2.12. The van der Waals surface area contributed by atoms with Crippen molar-refractivity contribution < 1.29 is 13.8 Å². The lowest BCUT2D eigenvalue weighted by Crippen LogP contribution is -2.14. The van der Waals surface area contributed by atoms with Crippen LogP contribution >= 0.6 is 0 Å². The SMILES string of the molecule is CC(C)(C)c1cc(CC(=O)Nc2ccc(-c3nc(-c4cccc5ccccc45)no3)cc2)no1. The molecular weight excluding hydrogens is 428 g/mol. The number of carbonyl (C=O) groups excluding carboxylic acids is 1. The Morgan fingerprint density at radius 2 is 1.68 bits per heavy atom. The molecule has 3 aromatic carbocycles. The second-order valence-corrected chi connectivity index (χ2v) is 9.18. The van der Waals surface area contributed by atoms with Crippen molar-refractivity contribution in [2.45, 2.75) is 32.6 Å². The number of fused-ring (bicyclic) bond motifs is 1. The molecule has 0 atom stereocenters. The van der Waals surface area contributed by atoms with Gasteiger partial charge in [-0.2, -0.15) is 4.98 Å². The average Bonchev–Trinajstić information content (AvgIpc) is 3.49. The molecule has 7 nitrogen and oxygen atoms in total. The summed E-state index contributed by atoms with van der Waals surface area (Å²) < 4.78 is 10.9. The second-order valence-electron chi connectivity index (χ2n) is 9.18. The number of nitrogens with zero attached hydrogens (tertiary/aromatic N) is 3. The highest BCUT2D eigenvalue weighted by atomic mass is 16.5. The van der Waals surface area contributed by atoms with E-state index in [4.69, 9.17) is 9.05 Å². The van der Waals surface area contributed by atoms with E-state index in [2.05, 4.69) is 32.7 Å². The number of rotatable bonds is 5. The predicted octanol–water partition coefficient (Wildman–Crippen LogP) is 6.02. The largest absolute Gasteiger partial charge is 0.361 e. The van der Waals surface area contributed by atoms with Crippen LogP contribution in [0.2, 0.25) is 0 Å². The van der Waals surface area contributed by atoms with E-state index in [1.807, 2.05) is 69.3 Å². The Morgan fingerprint density at radius 3 is 2.44 bits per heavy atom. The minimum atomic E-state index is -0.169. The molecule has 0 radical (unpaired) electrons. The summed E-state index contributed by atoms with van der Waals surface area (Å²) in [5, 5.41) is 13.2. The number of hydrogen-bond acceptors (Lipinski definition) is 6. The molecule has 1 N–H and O–H groups in total. The fourth-order valence-electron chi connectivity index (χ4n) is 3.68. The molecule has 2 aromatic heterocycles. The molecule has 0 unspecified atom stereocenters. The molecule has 0 spiro atoms. The average molecular weight is 453 g/mol. The molecule has 1 amide bonds. The van der Waals surface area contributed by atoms with Gasteiger partial charge >= 0.3 is 0 Å².